The first-order valence-corrected chi connectivity index (χ1v) is 8.76. The lowest BCUT2D eigenvalue weighted by Crippen LogP contribution is -2.44. The number of aliphatic imine (C=N–C) groups is 1. The molecule has 0 saturated heterocycles. The van der Waals surface area contributed by atoms with Crippen LogP contribution in [0.15, 0.2) is 50.3 Å². The van der Waals surface area contributed by atoms with Crippen molar-refractivity contribution in [1.82, 2.24) is 10.6 Å². The summed E-state index contributed by atoms with van der Waals surface area (Å²) >= 11 is 3.42. The fourth-order valence-corrected chi connectivity index (χ4v) is 2.43. The predicted molar refractivity (Wildman–Crippen MR) is 100.0 cm³/mol. The summed E-state index contributed by atoms with van der Waals surface area (Å²) in [6.07, 6.45) is 0. The molecule has 24 heavy (non-hydrogen) atoms. The number of nitrogens with one attached hydrogen (secondary N) is 2. The molecule has 0 aliphatic heterocycles. The number of benzene rings is 1. The van der Waals surface area contributed by atoms with E-state index in [2.05, 4.69) is 31.6 Å². The number of aryl methyl sites for hydroxylation is 1. The van der Waals surface area contributed by atoms with Gasteiger partial charge in [-0.15, -0.1) is 0 Å². The zero-order chi connectivity index (χ0) is 17.6. The van der Waals surface area contributed by atoms with Gasteiger partial charge in [0.25, 0.3) is 0 Å². The van der Waals surface area contributed by atoms with E-state index in [1.807, 2.05) is 44.2 Å². The average molecular weight is 394 g/mol. The number of hydrogen-bond donors (Lipinski definition) is 3. The minimum absolute atomic E-state index is 0.298. The fourth-order valence-electron chi connectivity index (χ4n) is 2.17. The molecule has 1 unspecified atom stereocenters. The minimum atomic E-state index is -1.11. The molecule has 0 amide bonds. The number of furan rings is 1. The van der Waals surface area contributed by atoms with Gasteiger partial charge in [-0.05, 0) is 50.6 Å². The summed E-state index contributed by atoms with van der Waals surface area (Å²) < 4.78 is 6.57. The van der Waals surface area contributed by atoms with Gasteiger partial charge in [0.2, 0.25) is 0 Å². The normalized spacial score (nSPS) is 14.3. The number of hydrogen-bond acceptors (Lipinski definition) is 3. The maximum Gasteiger partial charge on any atom is 0.191 e. The second-order valence-electron chi connectivity index (χ2n) is 5.86. The standard InChI is InChI=1S/C18H24BrN3O2/c1-4-20-17(21-11-14-6-8-15(19)9-7-14)22-12-18(3,23)16-10-5-13(2)24-16/h5-10,23H,4,11-12H2,1-3H3,(H2,20,21,22). The van der Waals surface area contributed by atoms with Gasteiger partial charge in [-0.25, -0.2) is 4.99 Å². The summed E-state index contributed by atoms with van der Waals surface area (Å²) in [5.74, 6) is 1.97. The Bertz CT molecular complexity index is 678. The van der Waals surface area contributed by atoms with Crippen molar-refractivity contribution in [2.24, 2.45) is 4.99 Å². The molecule has 0 aliphatic carbocycles. The highest BCUT2D eigenvalue weighted by Crippen LogP contribution is 2.21. The van der Waals surface area contributed by atoms with Crippen molar-refractivity contribution in [2.45, 2.75) is 32.9 Å². The maximum absolute atomic E-state index is 10.6. The third-order valence-corrected chi connectivity index (χ3v) is 4.08. The van der Waals surface area contributed by atoms with Gasteiger partial charge in [0, 0.05) is 11.0 Å². The van der Waals surface area contributed by atoms with Crippen LogP contribution in [-0.2, 0) is 12.1 Å². The summed E-state index contributed by atoms with van der Waals surface area (Å²) in [6, 6.07) is 11.7. The molecule has 6 heteroatoms. The lowest BCUT2D eigenvalue weighted by molar-refractivity contribution is 0.0378. The van der Waals surface area contributed by atoms with Crippen molar-refractivity contribution in [3.05, 3.63) is 58.0 Å². The molecule has 1 atom stereocenters. The summed E-state index contributed by atoms with van der Waals surface area (Å²) in [5, 5.41) is 16.9. The summed E-state index contributed by atoms with van der Waals surface area (Å²) in [6.45, 7) is 7.18. The molecule has 0 bridgehead atoms. The van der Waals surface area contributed by atoms with E-state index in [9.17, 15) is 5.11 Å². The topological polar surface area (TPSA) is 69.8 Å². The molecule has 0 aliphatic rings. The van der Waals surface area contributed by atoms with E-state index in [1.54, 1.807) is 13.0 Å². The Labute approximate surface area is 151 Å². The van der Waals surface area contributed by atoms with E-state index in [0.717, 1.165) is 22.3 Å². The van der Waals surface area contributed by atoms with Crippen LogP contribution in [0.3, 0.4) is 0 Å². The number of nitrogens with zero attached hydrogens (tertiary/aromatic N) is 1. The fraction of sp³-hybridized carbons (Fsp3) is 0.389. The van der Waals surface area contributed by atoms with Crippen molar-refractivity contribution < 1.29 is 9.52 Å². The Kier molecular flexibility index (Phi) is 6.45. The van der Waals surface area contributed by atoms with Crippen LogP contribution in [-0.4, -0.2) is 24.2 Å². The quantitative estimate of drug-likeness (QED) is 0.520. The van der Waals surface area contributed by atoms with Crippen LogP contribution in [0.4, 0.5) is 0 Å². The van der Waals surface area contributed by atoms with Crippen molar-refractivity contribution in [3.63, 3.8) is 0 Å². The SMILES string of the molecule is CCNC(=NCc1ccc(Br)cc1)NCC(C)(O)c1ccc(C)o1. The van der Waals surface area contributed by atoms with Gasteiger partial charge in [0.1, 0.15) is 17.1 Å². The van der Waals surface area contributed by atoms with E-state index >= 15 is 0 Å². The number of guanidine groups is 1. The Hall–Kier alpha value is -1.79. The summed E-state index contributed by atoms with van der Waals surface area (Å²) in [4.78, 5) is 4.55. The third-order valence-electron chi connectivity index (χ3n) is 3.55. The lowest BCUT2D eigenvalue weighted by atomic mass is 10.0. The molecular weight excluding hydrogens is 370 g/mol. The zero-order valence-corrected chi connectivity index (χ0v) is 15.9. The van der Waals surface area contributed by atoms with Crippen molar-refractivity contribution in [1.29, 1.82) is 0 Å². The second kappa shape index (κ2) is 8.35. The van der Waals surface area contributed by atoms with E-state index in [0.29, 0.717) is 24.8 Å². The molecule has 0 saturated carbocycles. The van der Waals surface area contributed by atoms with Crippen molar-refractivity contribution in [2.75, 3.05) is 13.1 Å². The Morgan fingerprint density at radius 3 is 2.50 bits per heavy atom. The van der Waals surface area contributed by atoms with Gasteiger partial charge in [-0.2, -0.15) is 0 Å². The van der Waals surface area contributed by atoms with Gasteiger partial charge in [-0.1, -0.05) is 28.1 Å². The molecule has 0 spiro atoms. The molecule has 3 N–H and O–H groups in total. The minimum Gasteiger partial charge on any atom is -0.463 e. The van der Waals surface area contributed by atoms with E-state index in [-0.39, 0.29) is 0 Å². The van der Waals surface area contributed by atoms with Crippen LogP contribution in [0.25, 0.3) is 0 Å². The molecule has 0 radical (unpaired) electrons. The first kappa shape index (κ1) is 18.5. The van der Waals surface area contributed by atoms with E-state index in [4.69, 9.17) is 4.42 Å². The first-order chi connectivity index (χ1) is 11.4. The Morgan fingerprint density at radius 2 is 1.92 bits per heavy atom. The van der Waals surface area contributed by atoms with Gasteiger partial charge in [0.15, 0.2) is 5.96 Å². The number of halogens is 1. The highest BCUT2D eigenvalue weighted by atomic mass is 79.9. The van der Waals surface area contributed by atoms with Gasteiger partial charge >= 0.3 is 0 Å². The number of rotatable bonds is 6. The van der Waals surface area contributed by atoms with Crippen LogP contribution in [0, 0.1) is 6.92 Å². The van der Waals surface area contributed by atoms with Crippen LogP contribution < -0.4 is 10.6 Å². The first-order valence-electron chi connectivity index (χ1n) is 7.96. The molecule has 5 nitrogen and oxygen atoms in total. The molecule has 1 aromatic carbocycles. The summed E-state index contributed by atoms with van der Waals surface area (Å²) in [5.41, 5.74) is 0.00559. The lowest BCUT2D eigenvalue weighted by Gasteiger charge is -2.22. The average Bonchev–Trinajstić information content (AvgIpc) is 2.99. The third kappa shape index (κ3) is 5.39. The van der Waals surface area contributed by atoms with Gasteiger partial charge in [-0.3, -0.25) is 0 Å². The molecular formula is C18H24BrN3O2. The van der Waals surface area contributed by atoms with Crippen LogP contribution in [0.5, 0.6) is 0 Å². The molecule has 2 rings (SSSR count). The molecule has 1 heterocycles. The van der Waals surface area contributed by atoms with Crippen LogP contribution in [0.1, 0.15) is 30.9 Å². The van der Waals surface area contributed by atoms with Crippen LogP contribution >= 0.6 is 15.9 Å². The second-order valence-corrected chi connectivity index (χ2v) is 6.78. The van der Waals surface area contributed by atoms with Crippen LogP contribution in [0.2, 0.25) is 0 Å². The Morgan fingerprint density at radius 1 is 1.21 bits per heavy atom. The van der Waals surface area contributed by atoms with Gasteiger partial charge < -0.3 is 20.2 Å². The molecule has 1 aromatic heterocycles. The van der Waals surface area contributed by atoms with E-state index in [1.165, 1.54) is 0 Å². The monoisotopic (exact) mass is 393 g/mol. The largest absolute Gasteiger partial charge is 0.463 e. The summed E-state index contributed by atoms with van der Waals surface area (Å²) in [7, 11) is 0. The highest BCUT2D eigenvalue weighted by Gasteiger charge is 2.27. The smallest absolute Gasteiger partial charge is 0.191 e. The molecule has 130 valence electrons. The molecule has 0 fully saturated rings. The van der Waals surface area contributed by atoms with E-state index < -0.39 is 5.60 Å². The predicted octanol–water partition coefficient (Wildman–Crippen LogP) is 3.31. The number of aliphatic hydroxyl groups is 1. The Balaban J connectivity index is 1.99. The van der Waals surface area contributed by atoms with Crippen molar-refractivity contribution in [3.8, 4) is 0 Å². The molecule has 2 aromatic rings. The van der Waals surface area contributed by atoms with Gasteiger partial charge in [0.05, 0.1) is 13.1 Å². The maximum atomic E-state index is 10.6. The van der Waals surface area contributed by atoms with Crippen molar-refractivity contribution >= 4 is 21.9 Å². The highest BCUT2D eigenvalue weighted by molar-refractivity contribution is 9.10. The zero-order valence-electron chi connectivity index (χ0n) is 14.3.